The Bertz CT molecular complexity index is 703. The van der Waals surface area contributed by atoms with E-state index in [1.54, 1.807) is 0 Å². The van der Waals surface area contributed by atoms with Crippen LogP contribution in [0.4, 0.5) is 0 Å². The lowest BCUT2D eigenvalue weighted by Crippen LogP contribution is -2.53. The van der Waals surface area contributed by atoms with Crippen LogP contribution in [0.15, 0.2) is 21.9 Å². The molecule has 20 heavy (non-hydrogen) atoms. The van der Waals surface area contributed by atoms with Crippen LogP contribution in [-0.4, -0.2) is 50.3 Å². The minimum absolute atomic E-state index is 0.0799. The molecule has 3 heterocycles. The molecule has 8 heteroatoms. The Morgan fingerprint density at radius 1 is 1.60 bits per heavy atom. The van der Waals surface area contributed by atoms with Crippen molar-refractivity contribution in [3.05, 3.63) is 33.1 Å². The number of ether oxygens (including phenoxy) is 2. The molecule has 2 saturated heterocycles. The highest BCUT2D eigenvalue weighted by Crippen LogP contribution is 2.50. The summed E-state index contributed by atoms with van der Waals surface area (Å²) in [6.45, 7) is -0.637. The highest BCUT2D eigenvalue weighted by atomic mass is 16.7. The van der Waals surface area contributed by atoms with Gasteiger partial charge in [0.05, 0.1) is 13.2 Å². The molecule has 8 nitrogen and oxygen atoms in total. The maximum absolute atomic E-state index is 11.8. The van der Waals surface area contributed by atoms with Crippen LogP contribution in [0.2, 0.25) is 0 Å². The van der Waals surface area contributed by atoms with Crippen LogP contribution in [0.3, 0.4) is 0 Å². The first-order valence-electron chi connectivity index (χ1n) is 5.89. The van der Waals surface area contributed by atoms with Gasteiger partial charge < -0.3 is 19.7 Å². The van der Waals surface area contributed by atoms with Crippen LogP contribution in [-0.2, 0) is 9.47 Å². The van der Waals surface area contributed by atoms with E-state index in [2.05, 4.69) is 10.9 Å². The third-order valence-electron chi connectivity index (χ3n) is 3.81. The Hall–Kier alpha value is -1.92. The van der Waals surface area contributed by atoms with Gasteiger partial charge in [0.25, 0.3) is 5.56 Å². The van der Waals surface area contributed by atoms with E-state index < -0.39 is 41.4 Å². The van der Waals surface area contributed by atoms with E-state index in [-0.39, 0.29) is 6.61 Å². The Morgan fingerprint density at radius 2 is 2.35 bits per heavy atom. The van der Waals surface area contributed by atoms with Gasteiger partial charge in [0.2, 0.25) is 0 Å². The van der Waals surface area contributed by atoms with Crippen molar-refractivity contribution in [1.29, 1.82) is 0 Å². The number of aliphatic hydroxyl groups excluding tert-OH is 1. The lowest BCUT2D eigenvalue weighted by Gasteiger charge is -2.30. The van der Waals surface area contributed by atoms with Gasteiger partial charge in [0, 0.05) is 12.3 Å². The van der Waals surface area contributed by atoms with Crippen LogP contribution in [0.5, 0.6) is 0 Å². The Kier molecular flexibility index (Phi) is 2.64. The van der Waals surface area contributed by atoms with Gasteiger partial charge in [-0.05, 0) is 0 Å². The van der Waals surface area contributed by atoms with E-state index in [9.17, 15) is 19.8 Å². The van der Waals surface area contributed by atoms with Crippen molar-refractivity contribution < 1.29 is 19.7 Å². The molecule has 0 unspecified atom stereocenters. The Morgan fingerprint density at radius 3 is 2.90 bits per heavy atom. The fraction of sp³-hybridized carbons (Fsp3) is 0.500. The van der Waals surface area contributed by atoms with Crippen molar-refractivity contribution in [3.63, 3.8) is 0 Å². The highest BCUT2D eigenvalue weighted by Gasteiger charge is 2.71. The summed E-state index contributed by atoms with van der Waals surface area (Å²) in [5, 5.41) is 20.0. The molecule has 0 amide bonds. The summed E-state index contributed by atoms with van der Waals surface area (Å²) in [6, 6.07) is 1.14. The zero-order chi connectivity index (χ0) is 14.5. The third kappa shape index (κ3) is 1.40. The Labute approximate surface area is 112 Å². The van der Waals surface area contributed by atoms with Crippen molar-refractivity contribution in [2.24, 2.45) is 0 Å². The second kappa shape index (κ2) is 4.04. The number of aromatic amines is 1. The molecule has 2 aliphatic heterocycles. The van der Waals surface area contributed by atoms with Crippen LogP contribution < -0.4 is 11.2 Å². The second-order valence-electron chi connectivity index (χ2n) is 4.82. The molecule has 0 aromatic carbocycles. The molecular weight excluding hydrogens is 268 g/mol. The van der Waals surface area contributed by atoms with E-state index in [0.29, 0.717) is 0 Å². The molecule has 0 spiro atoms. The molecule has 2 fully saturated rings. The topological polar surface area (TPSA) is 114 Å². The number of hydrogen-bond acceptors (Lipinski definition) is 6. The first-order chi connectivity index (χ1) is 9.47. The smallest absolute Gasteiger partial charge is 0.330 e. The van der Waals surface area contributed by atoms with E-state index in [1.165, 1.54) is 6.20 Å². The van der Waals surface area contributed by atoms with E-state index >= 15 is 0 Å². The van der Waals surface area contributed by atoms with Gasteiger partial charge in [-0.2, -0.15) is 0 Å². The Balaban J connectivity index is 2.10. The quantitative estimate of drug-likeness (QED) is 0.519. The number of fused-ring (bicyclic) bond motifs is 2. The van der Waals surface area contributed by atoms with Crippen LogP contribution in [0.25, 0.3) is 0 Å². The molecule has 0 aliphatic carbocycles. The van der Waals surface area contributed by atoms with Gasteiger partial charge in [0.15, 0.2) is 17.4 Å². The minimum atomic E-state index is -1.85. The molecule has 0 radical (unpaired) electrons. The van der Waals surface area contributed by atoms with Crippen molar-refractivity contribution in [2.45, 2.75) is 23.5 Å². The fourth-order valence-corrected chi connectivity index (χ4v) is 2.67. The lowest BCUT2D eigenvalue weighted by atomic mass is 9.85. The monoisotopic (exact) mass is 280 g/mol. The summed E-state index contributed by atoms with van der Waals surface area (Å²) < 4.78 is 12.0. The molecule has 4 atom stereocenters. The summed E-state index contributed by atoms with van der Waals surface area (Å²) in [5.41, 5.74) is -4.60. The average Bonchev–Trinajstić information content (AvgIpc) is 2.86. The minimum Gasteiger partial charge on any atom is -0.393 e. The van der Waals surface area contributed by atoms with Gasteiger partial charge in [0.1, 0.15) is 6.10 Å². The lowest BCUT2D eigenvalue weighted by molar-refractivity contribution is -0.190. The maximum Gasteiger partial charge on any atom is 0.330 e. The zero-order valence-electron chi connectivity index (χ0n) is 10.3. The van der Waals surface area contributed by atoms with Crippen LogP contribution in [0, 0.1) is 12.3 Å². The largest absolute Gasteiger partial charge is 0.393 e. The number of aromatic nitrogens is 2. The normalized spacial score (nSPS) is 38.9. The number of terminal acetylenes is 1. The van der Waals surface area contributed by atoms with E-state index in [4.69, 9.17) is 15.9 Å². The molecule has 1 aromatic rings. The summed E-state index contributed by atoms with van der Waals surface area (Å²) in [7, 11) is 0. The van der Waals surface area contributed by atoms with E-state index in [1.807, 2.05) is 0 Å². The van der Waals surface area contributed by atoms with Crippen molar-refractivity contribution in [3.8, 4) is 12.3 Å². The van der Waals surface area contributed by atoms with Crippen LogP contribution in [0.1, 0.15) is 6.23 Å². The van der Waals surface area contributed by atoms with E-state index in [0.717, 1.165) is 10.6 Å². The first-order valence-corrected chi connectivity index (χ1v) is 5.89. The number of nitrogens with one attached hydrogen (secondary N) is 1. The molecule has 0 saturated carbocycles. The zero-order valence-corrected chi connectivity index (χ0v) is 10.3. The van der Waals surface area contributed by atoms with Gasteiger partial charge in [-0.3, -0.25) is 14.3 Å². The summed E-state index contributed by atoms with van der Waals surface area (Å²) in [4.78, 5) is 24.9. The molecule has 2 bridgehead atoms. The van der Waals surface area contributed by atoms with Crippen molar-refractivity contribution >= 4 is 0 Å². The van der Waals surface area contributed by atoms with Crippen molar-refractivity contribution in [2.75, 3.05) is 13.2 Å². The summed E-state index contributed by atoms with van der Waals surface area (Å²) in [5.74, 6) is 2.18. The highest BCUT2D eigenvalue weighted by molar-refractivity contribution is 5.29. The number of rotatable bonds is 2. The molecule has 1 aromatic heterocycles. The third-order valence-corrected chi connectivity index (χ3v) is 3.81. The molecule has 3 rings (SSSR count). The standard InChI is InChI=1S/C12H12N2O6/c1-2-12(18)8-9(20-11(12,5-15)6-19-8)14-4-3-7(16)13-10(14)17/h1,3-4,8-9,15,18H,5-6H2,(H,13,16,17)/t8-,9+,11-,12-/m0/s1. The van der Waals surface area contributed by atoms with Gasteiger partial charge in [-0.15, -0.1) is 6.42 Å². The second-order valence-corrected chi connectivity index (χ2v) is 4.82. The van der Waals surface area contributed by atoms with Gasteiger partial charge in [-0.1, -0.05) is 5.92 Å². The molecular formula is C12H12N2O6. The molecule has 2 aliphatic rings. The number of aliphatic hydroxyl groups is 2. The average molecular weight is 280 g/mol. The summed E-state index contributed by atoms with van der Waals surface area (Å²) in [6.07, 6.45) is 4.52. The predicted molar refractivity (Wildman–Crippen MR) is 64.8 cm³/mol. The number of hydrogen-bond donors (Lipinski definition) is 3. The van der Waals surface area contributed by atoms with Gasteiger partial charge in [-0.25, -0.2) is 4.79 Å². The first kappa shape index (κ1) is 13.1. The SMILES string of the molecule is C#C[C@]1(O)[C@H]2OC[C@]1(CO)O[C@H]2n1ccc(=O)[nH]c1=O. The predicted octanol–water partition coefficient (Wildman–Crippen LogP) is -2.44. The number of nitrogens with zero attached hydrogens (tertiary/aromatic N) is 1. The fourth-order valence-electron chi connectivity index (χ4n) is 2.67. The molecule has 106 valence electrons. The summed E-state index contributed by atoms with van der Waals surface area (Å²) >= 11 is 0. The number of H-pyrrole nitrogens is 1. The maximum atomic E-state index is 11.8. The van der Waals surface area contributed by atoms with Crippen LogP contribution >= 0.6 is 0 Å². The van der Waals surface area contributed by atoms with Crippen molar-refractivity contribution in [1.82, 2.24) is 9.55 Å². The van der Waals surface area contributed by atoms with Gasteiger partial charge >= 0.3 is 5.69 Å². The molecule has 3 N–H and O–H groups in total.